The Bertz CT molecular complexity index is 303. The molecule has 0 unspecified atom stereocenters. The van der Waals surface area contributed by atoms with E-state index in [1.54, 1.807) is 0 Å². The second-order valence-corrected chi connectivity index (χ2v) is 3.73. The third-order valence-electron chi connectivity index (χ3n) is 2.24. The summed E-state index contributed by atoms with van der Waals surface area (Å²) < 4.78 is 9.05. The van der Waals surface area contributed by atoms with Gasteiger partial charge in [0.25, 0.3) is 0 Å². The fourth-order valence-corrected chi connectivity index (χ4v) is 1.31. The lowest BCUT2D eigenvalue weighted by molar-refractivity contribution is -0.280. The van der Waals surface area contributed by atoms with Crippen LogP contribution in [-0.4, -0.2) is 69.5 Å². The molecule has 8 nitrogen and oxygen atoms in total. The normalized spacial score (nSPS) is 37.6. The Labute approximate surface area is 96.4 Å². The first kappa shape index (κ1) is 14.0. The molecule has 1 rings (SSSR count). The number of Topliss-reactive ketones (excluding diaryl/α,β-unsaturated/α-hetero) is 1. The summed E-state index contributed by atoms with van der Waals surface area (Å²) in [6, 6.07) is 0. The van der Waals surface area contributed by atoms with Crippen molar-refractivity contribution in [2.24, 2.45) is 0 Å². The summed E-state index contributed by atoms with van der Waals surface area (Å²) in [5.74, 6) is -1.51. The highest BCUT2D eigenvalue weighted by Crippen LogP contribution is 2.20. The van der Waals surface area contributed by atoms with Crippen molar-refractivity contribution in [3.8, 4) is 0 Å². The summed E-state index contributed by atoms with van der Waals surface area (Å²) in [6.45, 7) is 0.693. The van der Waals surface area contributed by atoms with E-state index in [1.165, 1.54) is 6.92 Å². The van der Waals surface area contributed by atoms with Gasteiger partial charge >= 0.3 is 5.97 Å². The Morgan fingerprint density at radius 1 is 1.12 bits per heavy atom. The lowest BCUT2D eigenvalue weighted by Gasteiger charge is -2.36. The number of rotatable bonds is 3. The van der Waals surface area contributed by atoms with Crippen LogP contribution in [0.15, 0.2) is 0 Å². The molecule has 1 heterocycles. The van der Waals surface area contributed by atoms with Crippen LogP contribution in [0.1, 0.15) is 6.92 Å². The first-order valence-corrected chi connectivity index (χ1v) is 4.88. The maximum Gasteiger partial charge on any atom is 0.338 e. The van der Waals surface area contributed by atoms with Crippen LogP contribution in [0.4, 0.5) is 0 Å². The van der Waals surface area contributed by atoms with E-state index in [0.717, 1.165) is 0 Å². The lowest BCUT2D eigenvalue weighted by Crippen LogP contribution is -2.60. The van der Waals surface area contributed by atoms with Gasteiger partial charge in [-0.2, -0.15) is 0 Å². The molecule has 0 aromatic rings. The van der Waals surface area contributed by atoms with Crippen molar-refractivity contribution in [1.82, 2.24) is 0 Å². The SMILES string of the molecule is CC(=O)COC(=O)[C@H]1O[C@@H](O)[C@H](O)[C@@H](O)[C@@H]1O. The molecule has 4 N–H and O–H groups in total. The van der Waals surface area contributed by atoms with Gasteiger partial charge < -0.3 is 29.9 Å². The Kier molecular flexibility index (Phi) is 4.54. The van der Waals surface area contributed by atoms with E-state index >= 15 is 0 Å². The summed E-state index contributed by atoms with van der Waals surface area (Å²) in [7, 11) is 0. The van der Waals surface area contributed by atoms with Gasteiger partial charge in [-0.05, 0) is 6.92 Å². The summed E-state index contributed by atoms with van der Waals surface area (Å²) in [4.78, 5) is 21.9. The zero-order chi connectivity index (χ0) is 13.2. The average Bonchev–Trinajstić information content (AvgIpc) is 2.28. The minimum Gasteiger partial charge on any atom is -0.456 e. The molecule has 0 aromatic heterocycles. The van der Waals surface area contributed by atoms with Crippen molar-refractivity contribution in [3.63, 3.8) is 0 Å². The van der Waals surface area contributed by atoms with Gasteiger partial charge in [-0.25, -0.2) is 4.79 Å². The van der Waals surface area contributed by atoms with E-state index in [4.69, 9.17) is 10.2 Å². The largest absolute Gasteiger partial charge is 0.456 e. The number of aliphatic hydroxyl groups excluding tert-OH is 4. The molecule has 0 aromatic carbocycles. The molecule has 8 heteroatoms. The standard InChI is InChI=1S/C9H14O8/c1-3(10)2-16-9(15)7-5(12)4(11)6(13)8(14)17-7/h4-8,11-14H,2H2,1H3/t4-,5-,6+,7-,8+/m0/s1. The van der Waals surface area contributed by atoms with Crippen LogP contribution in [0.2, 0.25) is 0 Å². The monoisotopic (exact) mass is 250 g/mol. The molecule has 98 valence electrons. The van der Waals surface area contributed by atoms with Crippen LogP contribution in [0, 0.1) is 0 Å². The number of carbonyl (C=O) groups is 2. The van der Waals surface area contributed by atoms with Crippen molar-refractivity contribution in [1.29, 1.82) is 0 Å². The molecule has 17 heavy (non-hydrogen) atoms. The molecule has 0 amide bonds. The zero-order valence-corrected chi connectivity index (χ0v) is 9.02. The molecule has 1 aliphatic heterocycles. The molecule has 5 atom stereocenters. The van der Waals surface area contributed by atoms with Crippen molar-refractivity contribution in [2.45, 2.75) is 37.6 Å². The highest BCUT2D eigenvalue weighted by atomic mass is 16.7. The average molecular weight is 250 g/mol. The number of hydrogen-bond acceptors (Lipinski definition) is 8. The number of carbonyl (C=O) groups excluding carboxylic acids is 2. The van der Waals surface area contributed by atoms with Gasteiger partial charge in [-0.1, -0.05) is 0 Å². The van der Waals surface area contributed by atoms with Gasteiger partial charge in [0.05, 0.1) is 0 Å². The van der Waals surface area contributed by atoms with E-state index in [0.29, 0.717) is 0 Å². The molecular weight excluding hydrogens is 236 g/mol. The van der Waals surface area contributed by atoms with Gasteiger partial charge in [0.1, 0.15) is 24.9 Å². The molecule has 0 spiro atoms. The highest BCUT2D eigenvalue weighted by Gasteiger charge is 2.46. The number of ketones is 1. The van der Waals surface area contributed by atoms with Crippen LogP contribution < -0.4 is 0 Å². The van der Waals surface area contributed by atoms with Crippen LogP contribution >= 0.6 is 0 Å². The number of aliphatic hydroxyl groups is 4. The Balaban J connectivity index is 2.63. The minimum atomic E-state index is -1.82. The first-order valence-electron chi connectivity index (χ1n) is 4.88. The molecule has 0 radical (unpaired) electrons. The first-order chi connectivity index (χ1) is 7.84. The van der Waals surface area contributed by atoms with Crippen LogP contribution in [0.3, 0.4) is 0 Å². The smallest absolute Gasteiger partial charge is 0.338 e. The highest BCUT2D eigenvalue weighted by molar-refractivity contribution is 5.82. The number of ether oxygens (including phenoxy) is 2. The van der Waals surface area contributed by atoms with Crippen molar-refractivity contribution >= 4 is 11.8 Å². The summed E-state index contributed by atoms with van der Waals surface area (Å²) in [5, 5.41) is 37.0. The molecule has 0 bridgehead atoms. The molecule has 1 aliphatic rings. The third-order valence-corrected chi connectivity index (χ3v) is 2.24. The van der Waals surface area contributed by atoms with Gasteiger partial charge in [0, 0.05) is 0 Å². The number of hydrogen-bond donors (Lipinski definition) is 4. The topological polar surface area (TPSA) is 134 Å². The van der Waals surface area contributed by atoms with E-state index in [9.17, 15) is 19.8 Å². The second kappa shape index (κ2) is 5.52. The predicted molar refractivity (Wildman–Crippen MR) is 50.5 cm³/mol. The fraction of sp³-hybridized carbons (Fsp3) is 0.778. The minimum absolute atomic E-state index is 0.412. The summed E-state index contributed by atoms with van der Waals surface area (Å²) >= 11 is 0. The van der Waals surface area contributed by atoms with Crippen molar-refractivity contribution in [2.75, 3.05) is 6.61 Å². The quantitative estimate of drug-likeness (QED) is 0.387. The summed E-state index contributed by atoms with van der Waals surface area (Å²) in [6.07, 6.45) is -8.67. The Hall–Kier alpha value is -1.06. The van der Waals surface area contributed by atoms with E-state index in [-0.39, 0.29) is 0 Å². The maximum absolute atomic E-state index is 11.3. The van der Waals surface area contributed by atoms with Gasteiger partial charge in [-0.3, -0.25) is 4.79 Å². The second-order valence-electron chi connectivity index (χ2n) is 3.73. The Morgan fingerprint density at radius 3 is 2.24 bits per heavy atom. The zero-order valence-electron chi connectivity index (χ0n) is 9.02. The summed E-state index contributed by atoms with van der Waals surface area (Å²) in [5.41, 5.74) is 0. The lowest BCUT2D eigenvalue weighted by atomic mass is 9.99. The van der Waals surface area contributed by atoms with Crippen molar-refractivity contribution in [3.05, 3.63) is 0 Å². The van der Waals surface area contributed by atoms with E-state index in [2.05, 4.69) is 9.47 Å². The molecule has 0 aliphatic carbocycles. The predicted octanol–water partition coefficient (Wildman–Crippen LogP) is -3.08. The molecule has 0 saturated carbocycles. The van der Waals surface area contributed by atoms with Gasteiger partial charge in [0.15, 0.2) is 18.2 Å². The van der Waals surface area contributed by atoms with Gasteiger partial charge in [0.2, 0.25) is 0 Å². The fourth-order valence-electron chi connectivity index (χ4n) is 1.31. The molecular formula is C9H14O8. The van der Waals surface area contributed by atoms with Crippen molar-refractivity contribution < 1.29 is 39.5 Å². The van der Waals surface area contributed by atoms with Crippen LogP contribution in [0.25, 0.3) is 0 Å². The van der Waals surface area contributed by atoms with Gasteiger partial charge in [-0.15, -0.1) is 0 Å². The molecule has 1 saturated heterocycles. The van der Waals surface area contributed by atoms with Crippen LogP contribution in [0.5, 0.6) is 0 Å². The molecule has 1 fully saturated rings. The third kappa shape index (κ3) is 3.20. The van der Waals surface area contributed by atoms with E-state index < -0.39 is 49.1 Å². The van der Waals surface area contributed by atoms with Crippen LogP contribution in [-0.2, 0) is 19.1 Å². The van der Waals surface area contributed by atoms with E-state index in [1.807, 2.05) is 0 Å². The number of esters is 1. The Morgan fingerprint density at radius 2 is 1.71 bits per heavy atom. The maximum atomic E-state index is 11.3.